The van der Waals surface area contributed by atoms with Crippen LogP contribution in [-0.4, -0.2) is 20.9 Å². The van der Waals surface area contributed by atoms with E-state index in [1.54, 1.807) is 4.68 Å². The first kappa shape index (κ1) is 16.4. The van der Waals surface area contributed by atoms with Crippen molar-refractivity contribution in [2.45, 2.75) is 19.9 Å². The lowest BCUT2D eigenvalue weighted by molar-refractivity contribution is 0.0934. The summed E-state index contributed by atoms with van der Waals surface area (Å²) in [5.41, 5.74) is 2.94. The predicted molar refractivity (Wildman–Crippen MR) is 96.1 cm³/mol. The Morgan fingerprint density at radius 3 is 2.46 bits per heavy atom. The van der Waals surface area contributed by atoms with Crippen molar-refractivity contribution in [3.05, 3.63) is 76.0 Å². The Morgan fingerprint density at radius 1 is 1.12 bits per heavy atom. The number of halogens is 1. The first-order chi connectivity index (χ1) is 11.6. The van der Waals surface area contributed by atoms with Crippen LogP contribution in [0.3, 0.4) is 0 Å². The van der Waals surface area contributed by atoms with Crippen LogP contribution in [-0.2, 0) is 0 Å². The molecule has 0 aliphatic heterocycles. The molecule has 0 bridgehead atoms. The average molecular weight is 385 g/mol. The number of nitrogens with one attached hydrogen (secondary N) is 1. The van der Waals surface area contributed by atoms with Crippen molar-refractivity contribution in [2.75, 3.05) is 0 Å². The van der Waals surface area contributed by atoms with E-state index in [9.17, 15) is 4.79 Å². The molecule has 1 heterocycles. The monoisotopic (exact) mass is 384 g/mol. The first-order valence-corrected chi connectivity index (χ1v) is 8.39. The molecule has 2 aromatic carbocycles. The van der Waals surface area contributed by atoms with E-state index in [1.807, 2.05) is 68.4 Å². The van der Waals surface area contributed by atoms with E-state index in [-0.39, 0.29) is 11.9 Å². The van der Waals surface area contributed by atoms with Crippen LogP contribution in [0.4, 0.5) is 0 Å². The second-order valence-corrected chi connectivity index (χ2v) is 6.43. The second kappa shape index (κ2) is 6.97. The predicted octanol–water partition coefficient (Wildman–Crippen LogP) is 3.83. The highest BCUT2D eigenvalue weighted by atomic mass is 79.9. The maximum atomic E-state index is 12.5. The van der Waals surface area contributed by atoms with Crippen LogP contribution in [0, 0.1) is 6.92 Å². The molecule has 3 rings (SSSR count). The molecule has 0 radical (unpaired) electrons. The Kier molecular flexibility index (Phi) is 4.76. The quantitative estimate of drug-likeness (QED) is 0.743. The summed E-state index contributed by atoms with van der Waals surface area (Å²) in [6, 6.07) is 17.4. The molecule has 5 nitrogen and oxygen atoms in total. The van der Waals surface area contributed by atoms with Crippen LogP contribution in [0.1, 0.15) is 34.7 Å². The Balaban J connectivity index is 1.80. The lowest BCUT2D eigenvalue weighted by Gasteiger charge is -2.13. The topological polar surface area (TPSA) is 59.8 Å². The van der Waals surface area contributed by atoms with Gasteiger partial charge in [0, 0.05) is 4.47 Å². The molecule has 0 saturated carbocycles. The Morgan fingerprint density at radius 2 is 1.79 bits per heavy atom. The summed E-state index contributed by atoms with van der Waals surface area (Å²) in [4.78, 5) is 12.5. The zero-order valence-corrected chi connectivity index (χ0v) is 15.0. The van der Waals surface area contributed by atoms with Gasteiger partial charge in [-0.15, -0.1) is 5.10 Å². The number of benzene rings is 2. The van der Waals surface area contributed by atoms with Gasteiger partial charge in [0.05, 0.1) is 17.4 Å². The fraction of sp³-hybridized carbons (Fsp3) is 0.167. The summed E-state index contributed by atoms with van der Waals surface area (Å²) in [6.07, 6.45) is 0. The van der Waals surface area contributed by atoms with Crippen LogP contribution in [0.25, 0.3) is 5.69 Å². The second-order valence-electron chi connectivity index (χ2n) is 5.52. The van der Waals surface area contributed by atoms with Crippen molar-refractivity contribution < 1.29 is 4.79 Å². The van der Waals surface area contributed by atoms with Gasteiger partial charge in [-0.3, -0.25) is 4.79 Å². The third kappa shape index (κ3) is 3.38. The number of aromatic nitrogens is 3. The van der Waals surface area contributed by atoms with Gasteiger partial charge in [0.2, 0.25) is 0 Å². The van der Waals surface area contributed by atoms with E-state index in [0.717, 1.165) is 15.7 Å². The summed E-state index contributed by atoms with van der Waals surface area (Å²) >= 11 is 3.40. The normalized spacial score (nSPS) is 12.0. The number of hydrogen-bond acceptors (Lipinski definition) is 3. The number of carbonyl (C=O) groups excluding carboxylic acids is 1. The van der Waals surface area contributed by atoms with E-state index < -0.39 is 0 Å². The Hall–Kier alpha value is -2.47. The molecule has 1 N–H and O–H groups in total. The standard InChI is InChI=1S/C18H17BrN4O/c1-12(14-6-4-3-5-7-14)20-18(24)17-13(2)23(22-21-17)16-10-8-15(19)9-11-16/h3-12H,1-2H3,(H,20,24)/t12-/m1/s1. The number of nitrogens with zero attached hydrogens (tertiary/aromatic N) is 3. The van der Waals surface area contributed by atoms with Crippen LogP contribution in [0.15, 0.2) is 59.1 Å². The van der Waals surface area contributed by atoms with Crippen molar-refractivity contribution in [3.8, 4) is 5.69 Å². The summed E-state index contributed by atoms with van der Waals surface area (Å²) in [7, 11) is 0. The number of hydrogen-bond donors (Lipinski definition) is 1. The number of carbonyl (C=O) groups is 1. The maximum absolute atomic E-state index is 12.5. The van der Waals surface area contributed by atoms with Crippen LogP contribution in [0.5, 0.6) is 0 Å². The molecule has 0 aliphatic rings. The third-order valence-corrected chi connectivity index (χ3v) is 4.36. The summed E-state index contributed by atoms with van der Waals surface area (Å²) in [5, 5.41) is 11.1. The van der Waals surface area contributed by atoms with E-state index >= 15 is 0 Å². The van der Waals surface area contributed by atoms with Crippen molar-refractivity contribution in [3.63, 3.8) is 0 Å². The molecule has 0 fully saturated rings. The van der Waals surface area contributed by atoms with Gasteiger partial charge in [-0.25, -0.2) is 4.68 Å². The molecule has 1 atom stereocenters. The molecule has 3 aromatic rings. The van der Waals surface area contributed by atoms with E-state index in [1.165, 1.54) is 0 Å². The SMILES string of the molecule is Cc1c(C(=O)N[C@H](C)c2ccccc2)nnn1-c1ccc(Br)cc1. The molecule has 1 aromatic heterocycles. The molecule has 0 aliphatic carbocycles. The van der Waals surface area contributed by atoms with E-state index in [0.29, 0.717) is 11.4 Å². The fourth-order valence-electron chi connectivity index (χ4n) is 2.46. The van der Waals surface area contributed by atoms with Gasteiger partial charge in [0.15, 0.2) is 5.69 Å². The molecule has 6 heteroatoms. The van der Waals surface area contributed by atoms with Gasteiger partial charge in [-0.1, -0.05) is 51.5 Å². The van der Waals surface area contributed by atoms with Crippen LogP contribution in [0.2, 0.25) is 0 Å². The van der Waals surface area contributed by atoms with Gasteiger partial charge in [0.25, 0.3) is 5.91 Å². The molecule has 0 unspecified atom stereocenters. The van der Waals surface area contributed by atoms with E-state index in [2.05, 4.69) is 31.6 Å². The van der Waals surface area contributed by atoms with Gasteiger partial charge >= 0.3 is 0 Å². The van der Waals surface area contributed by atoms with Gasteiger partial charge in [0.1, 0.15) is 0 Å². The zero-order valence-electron chi connectivity index (χ0n) is 13.4. The summed E-state index contributed by atoms with van der Waals surface area (Å²) < 4.78 is 2.65. The highest BCUT2D eigenvalue weighted by molar-refractivity contribution is 9.10. The Labute approximate surface area is 148 Å². The highest BCUT2D eigenvalue weighted by Gasteiger charge is 2.19. The van der Waals surface area contributed by atoms with Crippen molar-refractivity contribution in [1.29, 1.82) is 0 Å². The number of amides is 1. The fourth-order valence-corrected chi connectivity index (χ4v) is 2.72. The van der Waals surface area contributed by atoms with Crippen molar-refractivity contribution in [1.82, 2.24) is 20.3 Å². The van der Waals surface area contributed by atoms with E-state index in [4.69, 9.17) is 0 Å². The van der Waals surface area contributed by atoms with Gasteiger partial charge in [-0.05, 0) is 43.7 Å². The molecule has 0 saturated heterocycles. The van der Waals surface area contributed by atoms with Crippen molar-refractivity contribution >= 4 is 21.8 Å². The maximum Gasteiger partial charge on any atom is 0.274 e. The molecular weight excluding hydrogens is 368 g/mol. The molecular formula is C18H17BrN4O. The minimum absolute atomic E-state index is 0.101. The molecule has 0 spiro atoms. The first-order valence-electron chi connectivity index (χ1n) is 7.60. The average Bonchev–Trinajstić information content (AvgIpc) is 2.98. The van der Waals surface area contributed by atoms with Crippen LogP contribution < -0.4 is 5.32 Å². The van der Waals surface area contributed by atoms with Gasteiger partial charge < -0.3 is 5.32 Å². The lowest BCUT2D eigenvalue weighted by Crippen LogP contribution is -2.27. The lowest BCUT2D eigenvalue weighted by atomic mass is 10.1. The highest BCUT2D eigenvalue weighted by Crippen LogP contribution is 2.17. The smallest absolute Gasteiger partial charge is 0.274 e. The minimum atomic E-state index is -0.229. The molecule has 1 amide bonds. The molecule has 122 valence electrons. The zero-order chi connectivity index (χ0) is 17.1. The Bertz CT molecular complexity index is 843. The molecule has 24 heavy (non-hydrogen) atoms. The largest absolute Gasteiger partial charge is 0.344 e. The van der Waals surface area contributed by atoms with Crippen LogP contribution >= 0.6 is 15.9 Å². The summed E-state index contributed by atoms with van der Waals surface area (Å²) in [6.45, 7) is 3.78. The third-order valence-electron chi connectivity index (χ3n) is 3.83. The minimum Gasteiger partial charge on any atom is -0.344 e. The van der Waals surface area contributed by atoms with Gasteiger partial charge in [-0.2, -0.15) is 0 Å². The number of rotatable bonds is 4. The summed E-state index contributed by atoms with van der Waals surface area (Å²) in [5.74, 6) is -0.229. The van der Waals surface area contributed by atoms with Crippen molar-refractivity contribution in [2.24, 2.45) is 0 Å².